The quantitative estimate of drug-likeness (QED) is 0.542. The van der Waals surface area contributed by atoms with Crippen LogP contribution in [0.15, 0.2) is 55.1 Å². The van der Waals surface area contributed by atoms with Gasteiger partial charge in [-0.15, -0.1) is 0 Å². The first kappa shape index (κ1) is 20.8. The van der Waals surface area contributed by atoms with Crippen molar-refractivity contribution in [3.8, 4) is 0 Å². The van der Waals surface area contributed by atoms with Crippen molar-refractivity contribution in [2.45, 2.75) is 31.9 Å². The number of anilines is 1. The Labute approximate surface area is 172 Å². The first-order valence-electron chi connectivity index (χ1n) is 9.99. The summed E-state index contributed by atoms with van der Waals surface area (Å²) in [6, 6.07) is 10.3. The van der Waals surface area contributed by atoms with Gasteiger partial charge in [-0.2, -0.15) is 0 Å². The van der Waals surface area contributed by atoms with Crippen LogP contribution in [0.1, 0.15) is 36.0 Å². The Morgan fingerprint density at radius 3 is 2.83 bits per heavy atom. The molecule has 0 radical (unpaired) electrons. The SMILES string of the molecule is N=C/C(=C\N)c1ccncc1/C=C/Nc1ccc(CN2CCCC(O)CC2)cc1. The molecule has 1 fully saturated rings. The molecule has 5 N–H and O–H groups in total. The maximum atomic E-state index is 9.78. The van der Waals surface area contributed by atoms with Gasteiger partial charge in [-0.1, -0.05) is 12.1 Å². The molecule has 29 heavy (non-hydrogen) atoms. The van der Waals surface area contributed by atoms with Gasteiger partial charge >= 0.3 is 0 Å². The van der Waals surface area contributed by atoms with Crippen LogP contribution in [0.5, 0.6) is 0 Å². The molecule has 0 spiro atoms. The van der Waals surface area contributed by atoms with Gasteiger partial charge in [0, 0.05) is 60.9 Å². The predicted molar refractivity (Wildman–Crippen MR) is 119 cm³/mol. The monoisotopic (exact) mass is 391 g/mol. The van der Waals surface area contributed by atoms with Crippen molar-refractivity contribution >= 4 is 23.6 Å². The highest BCUT2D eigenvalue weighted by Gasteiger charge is 2.14. The van der Waals surface area contributed by atoms with Gasteiger partial charge in [-0.05, 0) is 61.2 Å². The van der Waals surface area contributed by atoms with Gasteiger partial charge in [0.15, 0.2) is 0 Å². The number of pyridine rings is 1. The average molecular weight is 392 g/mol. The summed E-state index contributed by atoms with van der Waals surface area (Å²) in [5, 5.41) is 20.6. The van der Waals surface area contributed by atoms with E-state index in [1.165, 1.54) is 18.0 Å². The van der Waals surface area contributed by atoms with E-state index in [9.17, 15) is 5.11 Å². The molecule has 0 amide bonds. The minimum absolute atomic E-state index is 0.144. The van der Waals surface area contributed by atoms with E-state index in [1.54, 1.807) is 12.4 Å². The standard InChI is InChI=1S/C23H29N5O/c24-14-20(15-25)23-8-10-26-16-19(23)7-11-27-21-5-3-18(4-6-21)17-28-12-1-2-22(29)9-13-28/h3-8,10-11,14-16,22,24,27,29H,1-2,9,12-13,17,25H2/b11-7+,20-15+,24-14?. The van der Waals surface area contributed by atoms with Gasteiger partial charge in [-0.3, -0.25) is 9.88 Å². The Kier molecular flexibility index (Phi) is 7.55. The number of nitrogens with two attached hydrogens (primary N) is 1. The van der Waals surface area contributed by atoms with E-state index < -0.39 is 0 Å². The third-order valence-corrected chi connectivity index (χ3v) is 5.16. The minimum atomic E-state index is -0.144. The first-order chi connectivity index (χ1) is 14.2. The van der Waals surface area contributed by atoms with Crippen LogP contribution in [-0.4, -0.2) is 40.4 Å². The average Bonchev–Trinajstić information content (AvgIpc) is 2.95. The molecule has 152 valence electrons. The zero-order valence-corrected chi connectivity index (χ0v) is 16.6. The lowest BCUT2D eigenvalue weighted by Gasteiger charge is -2.20. The lowest BCUT2D eigenvalue weighted by Crippen LogP contribution is -2.24. The molecular weight excluding hydrogens is 362 g/mol. The van der Waals surface area contributed by atoms with Crippen molar-refractivity contribution in [3.05, 3.63) is 71.8 Å². The Morgan fingerprint density at radius 1 is 1.24 bits per heavy atom. The number of rotatable bonds is 7. The van der Waals surface area contributed by atoms with Gasteiger partial charge in [0.2, 0.25) is 0 Å². The van der Waals surface area contributed by atoms with E-state index in [1.807, 2.05) is 18.3 Å². The Hall–Kier alpha value is -2.96. The van der Waals surface area contributed by atoms with E-state index in [2.05, 4.69) is 39.5 Å². The van der Waals surface area contributed by atoms with Crippen LogP contribution >= 0.6 is 0 Å². The molecule has 1 unspecified atom stereocenters. The molecule has 0 saturated carbocycles. The number of allylic oxidation sites excluding steroid dienone is 1. The Bertz CT molecular complexity index is 860. The molecule has 1 saturated heterocycles. The number of aliphatic hydroxyl groups excluding tert-OH is 1. The highest BCUT2D eigenvalue weighted by atomic mass is 16.3. The van der Waals surface area contributed by atoms with Crippen LogP contribution in [0.25, 0.3) is 11.6 Å². The smallest absolute Gasteiger partial charge is 0.0553 e. The van der Waals surface area contributed by atoms with E-state index in [0.717, 1.165) is 55.7 Å². The topological polar surface area (TPSA) is 98.3 Å². The number of nitrogens with one attached hydrogen (secondary N) is 2. The number of benzene rings is 1. The van der Waals surface area contributed by atoms with E-state index >= 15 is 0 Å². The molecule has 1 aromatic carbocycles. The maximum absolute atomic E-state index is 9.78. The van der Waals surface area contributed by atoms with Crippen LogP contribution in [-0.2, 0) is 6.54 Å². The number of hydrogen-bond donors (Lipinski definition) is 4. The molecule has 0 bridgehead atoms. The van der Waals surface area contributed by atoms with Crippen LogP contribution < -0.4 is 11.1 Å². The number of likely N-dealkylation sites (tertiary alicyclic amines) is 1. The van der Waals surface area contributed by atoms with E-state index in [4.69, 9.17) is 11.1 Å². The van der Waals surface area contributed by atoms with Crippen molar-refractivity contribution in [3.63, 3.8) is 0 Å². The van der Waals surface area contributed by atoms with E-state index in [0.29, 0.717) is 5.57 Å². The molecule has 0 aliphatic carbocycles. The third-order valence-electron chi connectivity index (χ3n) is 5.16. The second-order valence-corrected chi connectivity index (χ2v) is 7.26. The van der Waals surface area contributed by atoms with Gasteiger partial charge < -0.3 is 21.6 Å². The summed E-state index contributed by atoms with van der Waals surface area (Å²) in [6.07, 6.45) is 12.6. The molecule has 2 heterocycles. The van der Waals surface area contributed by atoms with Crippen molar-refractivity contribution in [2.75, 3.05) is 18.4 Å². The number of aromatic nitrogens is 1. The molecule has 6 heteroatoms. The van der Waals surface area contributed by atoms with Crippen molar-refractivity contribution in [2.24, 2.45) is 5.73 Å². The normalized spacial score (nSPS) is 18.5. The third kappa shape index (κ3) is 6.01. The fourth-order valence-corrected chi connectivity index (χ4v) is 3.51. The van der Waals surface area contributed by atoms with Crippen molar-refractivity contribution < 1.29 is 5.11 Å². The van der Waals surface area contributed by atoms with Crippen LogP contribution in [0.4, 0.5) is 5.69 Å². The molecular formula is C23H29N5O. The predicted octanol–water partition coefficient (Wildman–Crippen LogP) is 3.46. The Balaban J connectivity index is 1.59. The zero-order valence-electron chi connectivity index (χ0n) is 16.6. The molecule has 2 aromatic rings. The summed E-state index contributed by atoms with van der Waals surface area (Å²) in [5.41, 5.74) is 10.3. The highest BCUT2D eigenvalue weighted by molar-refractivity contribution is 6.09. The molecule has 3 rings (SSSR count). The van der Waals surface area contributed by atoms with Crippen molar-refractivity contribution in [1.82, 2.24) is 9.88 Å². The fourth-order valence-electron chi connectivity index (χ4n) is 3.51. The van der Waals surface area contributed by atoms with E-state index in [-0.39, 0.29) is 6.10 Å². The zero-order chi connectivity index (χ0) is 20.5. The number of hydrogen-bond acceptors (Lipinski definition) is 6. The van der Waals surface area contributed by atoms with Crippen molar-refractivity contribution in [1.29, 1.82) is 5.41 Å². The second-order valence-electron chi connectivity index (χ2n) is 7.26. The summed E-state index contributed by atoms with van der Waals surface area (Å²) in [5.74, 6) is 0. The molecule has 1 atom stereocenters. The van der Waals surface area contributed by atoms with Crippen LogP contribution in [0.3, 0.4) is 0 Å². The fraction of sp³-hybridized carbons (Fsp3) is 0.304. The first-order valence-corrected chi connectivity index (χ1v) is 9.99. The second kappa shape index (κ2) is 10.5. The van der Waals surface area contributed by atoms with Gasteiger partial charge in [0.05, 0.1) is 6.10 Å². The van der Waals surface area contributed by atoms with Crippen LogP contribution in [0, 0.1) is 5.41 Å². The summed E-state index contributed by atoms with van der Waals surface area (Å²) in [6.45, 7) is 2.91. The minimum Gasteiger partial charge on any atom is -0.404 e. The summed E-state index contributed by atoms with van der Waals surface area (Å²) in [4.78, 5) is 6.57. The summed E-state index contributed by atoms with van der Waals surface area (Å²) < 4.78 is 0. The molecule has 1 aromatic heterocycles. The Morgan fingerprint density at radius 2 is 2.07 bits per heavy atom. The van der Waals surface area contributed by atoms with Gasteiger partial charge in [0.25, 0.3) is 0 Å². The number of aliphatic hydroxyl groups is 1. The van der Waals surface area contributed by atoms with Crippen LogP contribution in [0.2, 0.25) is 0 Å². The summed E-state index contributed by atoms with van der Waals surface area (Å²) in [7, 11) is 0. The highest BCUT2D eigenvalue weighted by Crippen LogP contribution is 2.18. The number of nitrogens with zero attached hydrogens (tertiary/aromatic N) is 2. The molecule has 1 aliphatic heterocycles. The lowest BCUT2D eigenvalue weighted by molar-refractivity contribution is 0.154. The maximum Gasteiger partial charge on any atom is 0.0553 e. The lowest BCUT2D eigenvalue weighted by atomic mass is 10.0. The van der Waals surface area contributed by atoms with Gasteiger partial charge in [-0.25, -0.2) is 0 Å². The summed E-state index contributed by atoms with van der Waals surface area (Å²) >= 11 is 0. The van der Waals surface area contributed by atoms with Gasteiger partial charge in [0.1, 0.15) is 0 Å². The molecule has 1 aliphatic rings. The largest absolute Gasteiger partial charge is 0.404 e. The molecule has 6 nitrogen and oxygen atoms in total.